The zero-order valence-electron chi connectivity index (χ0n) is 19.1. The molecule has 0 amide bonds. The first-order valence-electron chi connectivity index (χ1n) is 10.7. The second kappa shape index (κ2) is 9.66. The molecule has 1 heterocycles. The number of benzene rings is 3. The molecule has 3 aromatic carbocycles. The molecule has 0 radical (unpaired) electrons. The van der Waals surface area contributed by atoms with Crippen molar-refractivity contribution in [1.29, 1.82) is 0 Å². The number of rotatable bonds is 8. The van der Waals surface area contributed by atoms with E-state index >= 15 is 0 Å². The van der Waals surface area contributed by atoms with E-state index in [2.05, 4.69) is 0 Å². The Morgan fingerprint density at radius 3 is 2.32 bits per heavy atom. The Morgan fingerprint density at radius 1 is 0.971 bits per heavy atom. The summed E-state index contributed by atoms with van der Waals surface area (Å²) in [5, 5.41) is 12.6. The second-order valence-electron chi connectivity index (χ2n) is 7.54. The van der Waals surface area contributed by atoms with E-state index < -0.39 is 10.9 Å². The van der Waals surface area contributed by atoms with Crippen LogP contribution in [-0.2, 0) is 11.3 Å². The number of nitro benzene ring substituents is 1. The highest BCUT2D eigenvalue weighted by molar-refractivity contribution is 6.11. The molecular formula is C26H24N2O6. The van der Waals surface area contributed by atoms with Gasteiger partial charge in [-0.1, -0.05) is 36.4 Å². The molecule has 0 fully saturated rings. The van der Waals surface area contributed by atoms with Gasteiger partial charge >= 0.3 is 5.97 Å². The topological polar surface area (TPSA) is 92.8 Å². The van der Waals surface area contributed by atoms with Gasteiger partial charge in [-0.15, -0.1) is 0 Å². The second-order valence-corrected chi connectivity index (χ2v) is 7.54. The van der Waals surface area contributed by atoms with Crippen molar-refractivity contribution in [1.82, 2.24) is 4.57 Å². The Bertz CT molecular complexity index is 1360. The molecule has 8 heteroatoms. The number of aromatic nitrogens is 1. The van der Waals surface area contributed by atoms with E-state index in [0.29, 0.717) is 28.0 Å². The van der Waals surface area contributed by atoms with Gasteiger partial charge in [-0.2, -0.15) is 0 Å². The average molecular weight is 460 g/mol. The number of hydrogen-bond donors (Lipinski definition) is 0. The highest BCUT2D eigenvalue weighted by Crippen LogP contribution is 2.40. The van der Waals surface area contributed by atoms with Crippen molar-refractivity contribution in [2.45, 2.75) is 13.5 Å². The minimum atomic E-state index is -0.554. The molecule has 4 rings (SSSR count). The summed E-state index contributed by atoms with van der Waals surface area (Å²) in [4.78, 5) is 24.8. The molecule has 0 saturated heterocycles. The van der Waals surface area contributed by atoms with Crippen LogP contribution in [0.4, 0.5) is 5.69 Å². The minimum Gasteiger partial charge on any atom is -0.497 e. The Kier molecular flexibility index (Phi) is 6.49. The normalized spacial score (nSPS) is 10.8. The molecule has 174 valence electrons. The Morgan fingerprint density at radius 2 is 1.68 bits per heavy atom. The third-order valence-electron chi connectivity index (χ3n) is 5.58. The van der Waals surface area contributed by atoms with Crippen molar-refractivity contribution in [3.8, 4) is 22.6 Å². The molecule has 0 aliphatic carbocycles. The number of non-ortho nitro benzene ring substituents is 1. The van der Waals surface area contributed by atoms with Crippen LogP contribution in [0.5, 0.6) is 11.5 Å². The maximum atomic E-state index is 13.3. The van der Waals surface area contributed by atoms with Crippen LogP contribution in [0.15, 0.2) is 66.7 Å². The SMILES string of the molecule is CCOC(=O)c1c(-c2ccc(OC)cc2)c2cccc([N+](=O)[O-])c2n1Cc1cccc(OC)c1. The third kappa shape index (κ3) is 4.17. The lowest BCUT2D eigenvalue weighted by atomic mass is 10.0. The quantitative estimate of drug-likeness (QED) is 0.197. The van der Waals surface area contributed by atoms with Crippen molar-refractivity contribution in [2.75, 3.05) is 20.8 Å². The molecule has 8 nitrogen and oxygen atoms in total. The van der Waals surface area contributed by atoms with E-state index in [-0.39, 0.29) is 24.5 Å². The lowest BCUT2D eigenvalue weighted by Gasteiger charge is -2.13. The molecule has 0 saturated carbocycles. The molecule has 4 aromatic rings. The first kappa shape index (κ1) is 22.8. The summed E-state index contributed by atoms with van der Waals surface area (Å²) in [7, 11) is 3.14. The summed E-state index contributed by atoms with van der Waals surface area (Å²) in [5.41, 5.74) is 2.62. The Balaban J connectivity index is 2.06. The van der Waals surface area contributed by atoms with Crippen molar-refractivity contribution in [3.63, 3.8) is 0 Å². The molecule has 0 aliphatic rings. The van der Waals surface area contributed by atoms with Crippen molar-refractivity contribution in [3.05, 3.63) is 88.1 Å². The summed E-state index contributed by atoms with van der Waals surface area (Å²) in [6.07, 6.45) is 0. The van der Waals surface area contributed by atoms with E-state index in [4.69, 9.17) is 14.2 Å². The number of ether oxygens (including phenoxy) is 3. The smallest absolute Gasteiger partial charge is 0.355 e. The minimum absolute atomic E-state index is 0.0919. The molecule has 0 spiro atoms. The zero-order valence-corrected chi connectivity index (χ0v) is 19.1. The van der Waals surface area contributed by atoms with E-state index in [1.165, 1.54) is 6.07 Å². The summed E-state index contributed by atoms with van der Waals surface area (Å²) in [5.74, 6) is 0.755. The van der Waals surface area contributed by atoms with Gasteiger partial charge in [-0.25, -0.2) is 4.79 Å². The fraction of sp³-hybridized carbons (Fsp3) is 0.192. The van der Waals surface area contributed by atoms with Crippen LogP contribution in [0.3, 0.4) is 0 Å². The van der Waals surface area contributed by atoms with Gasteiger partial charge in [0.25, 0.3) is 5.69 Å². The first-order chi connectivity index (χ1) is 16.5. The summed E-state index contributed by atoms with van der Waals surface area (Å²) >= 11 is 0. The van der Waals surface area contributed by atoms with Crippen LogP contribution < -0.4 is 9.47 Å². The van der Waals surface area contributed by atoms with Gasteiger partial charge in [0, 0.05) is 23.6 Å². The van der Waals surface area contributed by atoms with Gasteiger partial charge in [0.05, 0.1) is 25.7 Å². The van der Waals surface area contributed by atoms with Gasteiger partial charge in [0.1, 0.15) is 22.7 Å². The molecule has 0 unspecified atom stereocenters. The lowest BCUT2D eigenvalue weighted by molar-refractivity contribution is -0.383. The third-order valence-corrected chi connectivity index (χ3v) is 5.58. The number of methoxy groups -OCH3 is 2. The van der Waals surface area contributed by atoms with Crippen molar-refractivity contribution in [2.24, 2.45) is 0 Å². The zero-order chi connectivity index (χ0) is 24.2. The number of nitrogens with zero attached hydrogens (tertiary/aromatic N) is 2. The van der Waals surface area contributed by atoms with Crippen LogP contribution in [0.1, 0.15) is 23.0 Å². The molecular weight excluding hydrogens is 436 g/mol. The van der Waals surface area contributed by atoms with Gasteiger partial charge in [-0.3, -0.25) is 10.1 Å². The van der Waals surface area contributed by atoms with Crippen LogP contribution in [0.25, 0.3) is 22.0 Å². The number of esters is 1. The first-order valence-corrected chi connectivity index (χ1v) is 10.7. The van der Waals surface area contributed by atoms with E-state index in [1.807, 2.05) is 36.4 Å². The van der Waals surface area contributed by atoms with Crippen LogP contribution in [-0.4, -0.2) is 36.3 Å². The standard InChI is InChI=1S/C26H24N2O6/c1-4-34-26(29)25-23(18-11-13-19(32-2)14-12-18)21-9-6-10-22(28(30)31)24(21)27(25)16-17-7-5-8-20(15-17)33-3/h5-15H,4,16H2,1-3H3. The molecule has 0 atom stereocenters. The van der Waals surface area contributed by atoms with Crippen LogP contribution >= 0.6 is 0 Å². The summed E-state index contributed by atoms with van der Waals surface area (Å²) in [6.45, 7) is 2.11. The molecule has 0 bridgehead atoms. The maximum Gasteiger partial charge on any atom is 0.355 e. The van der Waals surface area contributed by atoms with Crippen LogP contribution in [0, 0.1) is 10.1 Å². The number of carbonyl (C=O) groups is 1. The van der Waals surface area contributed by atoms with Gasteiger partial charge in [0.2, 0.25) is 0 Å². The Hall–Kier alpha value is -4.33. The number of hydrogen-bond acceptors (Lipinski definition) is 6. The average Bonchev–Trinajstić information content (AvgIpc) is 3.18. The molecule has 0 N–H and O–H groups in total. The van der Waals surface area contributed by atoms with Gasteiger partial charge < -0.3 is 18.8 Å². The maximum absolute atomic E-state index is 13.3. The predicted molar refractivity (Wildman–Crippen MR) is 129 cm³/mol. The van der Waals surface area contributed by atoms with E-state index in [0.717, 1.165) is 11.1 Å². The predicted octanol–water partition coefficient (Wildman–Crippen LogP) is 5.46. The highest BCUT2D eigenvalue weighted by atomic mass is 16.6. The molecule has 1 aromatic heterocycles. The summed E-state index contributed by atoms with van der Waals surface area (Å²) < 4.78 is 17.7. The van der Waals surface area contributed by atoms with Crippen molar-refractivity contribution < 1.29 is 23.9 Å². The van der Waals surface area contributed by atoms with Gasteiger partial charge in [-0.05, 0) is 42.3 Å². The van der Waals surface area contributed by atoms with Crippen molar-refractivity contribution >= 4 is 22.6 Å². The number of carbonyl (C=O) groups excluding carboxylic acids is 1. The number of fused-ring (bicyclic) bond motifs is 1. The molecule has 34 heavy (non-hydrogen) atoms. The summed E-state index contributed by atoms with van der Waals surface area (Å²) in [6, 6.07) is 19.4. The number of nitro groups is 1. The van der Waals surface area contributed by atoms with Gasteiger partial charge in [0.15, 0.2) is 0 Å². The van der Waals surface area contributed by atoms with E-state index in [9.17, 15) is 14.9 Å². The highest BCUT2D eigenvalue weighted by Gasteiger charge is 2.29. The fourth-order valence-electron chi connectivity index (χ4n) is 4.11. The monoisotopic (exact) mass is 460 g/mol. The Labute approximate surface area is 196 Å². The van der Waals surface area contributed by atoms with Crippen LogP contribution in [0.2, 0.25) is 0 Å². The lowest BCUT2D eigenvalue weighted by Crippen LogP contribution is -2.14. The fourth-order valence-corrected chi connectivity index (χ4v) is 4.11. The van der Waals surface area contributed by atoms with E-state index in [1.54, 1.807) is 50.0 Å². The number of para-hydroxylation sites is 1. The molecule has 0 aliphatic heterocycles. The largest absolute Gasteiger partial charge is 0.497 e.